The van der Waals surface area contributed by atoms with Gasteiger partial charge in [0, 0.05) is 15.7 Å². The van der Waals surface area contributed by atoms with Gasteiger partial charge in [-0.15, -0.1) is 0 Å². The molecule has 0 fully saturated rings. The molecule has 0 amide bonds. The molecule has 88 valence electrons. The number of nitrogen functional groups attached to an aromatic ring is 1. The quantitative estimate of drug-likeness (QED) is 0.803. The molecule has 0 spiro atoms. The Morgan fingerprint density at radius 3 is 2.29 bits per heavy atom. The molecule has 2 aromatic carbocycles. The third-order valence-corrected chi connectivity index (χ3v) is 3.14. The van der Waals surface area contributed by atoms with Crippen LogP contribution >= 0.6 is 15.9 Å². The zero-order valence-corrected chi connectivity index (χ0v) is 10.4. The van der Waals surface area contributed by atoms with Gasteiger partial charge in [-0.1, -0.05) is 40.2 Å². The van der Waals surface area contributed by atoms with Crippen LogP contribution in [0, 0.1) is 0 Å². The van der Waals surface area contributed by atoms with Crippen molar-refractivity contribution in [1.82, 2.24) is 0 Å². The molecule has 0 saturated heterocycles. The van der Waals surface area contributed by atoms with Crippen molar-refractivity contribution in [3.05, 3.63) is 52.5 Å². The first-order valence-corrected chi connectivity index (χ1v) is 5.81. The van der Waals surface area contributed by atoms with Gasteiger partial charge in [-0.25, -0.2) is 8.78 Å². The number of anilines is 1. The first-order chi connectivity index (χ1) is 8.08. The van der Waals surface area contributed by atoms with Crippen LogP contribution in [0.3, 0.4) is 0 Å². The van der Waals surface area contributed by atoms with Crippen molar-refractivity contribution in [3.8, 4) is 11.1 Å². The van der Waals surface area contributed by atoms with E-state index in [9.17, 15) is 8.78 Å². The second-order valence-corrected chi connectivity index (χ2v) is 4.52. The lowest BCUT2D eigenvalue weighted by atomic mass is 10.0. The third kappa shape index (κ3) is 2.64. The highest BCUT2D eigenvalue weighted by atomic mass is 79.9. The molecule has 0 saturated carbocycles. The highest BCUT2D eigenvalue weighted by molar-refractivity contribution is 9.10. The van der Waals surface area contributed by atoms with E-state index in [1.165, 1.54) is 6.07 Å². The lowest BCUT2D eigenvalue weighted by Gasteiger charge is -2.07. The largest absolute Gasteiger partial charge is 0.399 e. The minimum absolute atomic E-state index is 0.00217. The summed E-state index contributed by atoms with van der Waals surface area (Å²) in [6.45, 7) is 0. The minimum Gasteiger partial charge on any atom is -0.399 e. The standard InChI is InChI=1S/C13H10BrF2N/c14-12-7-9(4-5-11(12)13(15)16)8-2-1-3-10(17)6-8/h1-7,13H,17H2. The van der Waals surface area contributed by atoms with E-state index in [0.717, 1.165) is 11.1 Å². The number of rotatable bonds is 2. The van der Waals surface area contributed by atoms with Gasteiger partial charge in [-0.2, -0.15) is 0 Å². The number of nitrogens with two attached hydrogens (primary N) is 1. The highest BCUT2D eigenvalue weighted by Crippen LogP contribution is 2.31. The molecule has 0 aliphatic rings. The van der Waals surface area contributed by atoms with Crippen molar-refractivity contribution in [2.45, 2.75) is 6.43 Å². The van der Waals surface area contributed by atoms with Crippen LogP contribution in [0.15, 0.2) is 46.9 Å². The van der Waals surface area contributed by atoms with Crippen LogP contribution in [0.4, 0.5) is 14.5 Å². The predicted molar refractivity (Wildman–Crippen MR) is 68.9 cm³/mol. The Hall–Kier alpha value is -1.42. The summed E-state index contributed by atoms with van der Waals surface area (Å²) in [5.74, 6) is 0. The van der Waals surface area contributed by atoms with E-state index in [1.54, 1.807) is 18.2 Å². The van der Waals surface area contributed by atoms with Crippen LogP contribution < -0.4 is 5.73 Å². The van der Waals surface area contributed by atoms with Gasteiger partial charge in [0.05, 0.1) is 0 Å². The number of hydrogen-bond acceptors (Lipinski definition) is 1. The third-order valence-electron chi connectivity index (χ3n) is 2.46. The molecular weight excluding hydrogens is 288 g/mol. The zero-order chi connectivity index (χ0) is 12.4. The van der Waals surface area contributed by atoms with Crippen LogP contribution in [0.25, 0.3) is 11.1 Å². The van der Waals surface area contributed by atoms with E-state index in [0.29, 0.717) is 10.2 Å². The SMILES string of the molecule is Nc1cccc(-c2ccc(C(F)F)c(Br)c2)c1. The summed E-state index contributed by atoms with van der Waals surface area (Å²) < 4.78 is 25.6. The predicted octanol–water partition coefficient (Wildman–Crippen LogP) is 4.64. The first kappa shape index (κ1) is 12.0. The molecule has 0 heterocycles. The maximum absolute atomic E-state index is 12.6. The van der Waals surface area contributed by atoms with Gasteiger partial charge in [0.1, 0.15) is 0 Å². The molecule has 0 radical (unpaired) electrons. The van der Waals surface area contributed by atoms with E-state index < -0.39 is 6.43 Å². The smallest absolute Gasteiger partial charge is 0.264 e. The van der Waals surface area contributed by atoms with Crippen molar-refractivity contribution >= 4 is 21.6 Å². The van der Waals surface area contributed by atoms with Gasteiger partial charge in [-0.05, 0) is 29.3 Å². The molecule has 0 aliphatic heterocycles. The summed E-state index contributed by atoms with van der Waals surface area (Å²) >= 11 is 3.15. The van der Waals surface area contributed by atoms with Crippen LogP contribution in [-0.4, -0.2) is 0 Å². The fourth-order valence-electron chi connectivity index (χ4n) is 1.60. The molecule has 2 rings (SSSR count). The Morgan fingerprint density at radius 1 is 1.00 bits per heavy atom. The summed E-state index contributed by atoms with van der Waals surface area (Å²) in [6, 6.07) is 12.1. The Labute approximate surface area is 106 Å². The monoisotopic (exact) mass is 297 g/mol. The Morgan fingerprint density at radius 2 is 1.71 bits per heavy atom. The van der Waals surface area contributed by atoms with Gasteiger partial charge < -0.3 is 5.73 Å². The van der Waals surface area contributed by atoms with Crippen LogP contribution in [-0.2, 0) is 0 Å². The van der Waals surface area contributed by atoms with Gasteiger partial charge in [0.25, 0.3) is 6.43 Å². The normalized spacial score (nSPS) is 10.8. The molecule has 2 aromatic rings. The molecule has 17 heavy (non-hydrogen) atoms. The number of alkyl halides is 2. The Bertz CT molecular complexity index is 541. The number of hydrogen-bond donors (Lipinski definition) is 1. The zero-order valence-electron chi connectivity index (χ0n) is 8.83. The molecule has 1 nitrogen and oxygen atoms in total. The molecule has 0 atom stereocenters. The second-order valence-electron chi connectivity index (χ2n) is 3.66. The lowest BCUT2D eigenvalue weighted by Crippen LogP contribution is -1.88. The first-order valence-electron chi connectivity index (χ1n) is 5.01. The molecular formula is C13H10BrF2N. The van der Waals surface area contributed by atoms with Gasteiger partial charge in [-0.3, -0.25) is 0 Å². The fraction of sp³-hybridized carbons (Fsp3) is 0.0769. The van der Waals surface area contributed by atoms with Gasteiger partial charge >= 0.3 is 0 Å². The Kier molecular flexibility index (Phi) is 3.43. The molecule has 0 aromatic heterocycles. The number of halogens is 3. The molecule has 0 bridgehead atoms. The van der Waals surface area contributed by atoms with E-state index >= 15 is 0 Å². The second kappa shape index (κ2) is 4.84. The van der Waals surface area contributed by atoms with E-state index in [4.69, 9.17) is 5.73 Å². The van der Waals surface area contributed by atoms with Gasteiger partial charge in [0.15, 0.2) is 0 Å². The average Bonchev–Trinajstić information content (AvgIpc) is 2.28. The summed E-state index contributed by atoms with van der Waals surface area (Å²) in [5, 5.41) is 0. The topological polar surface area (TPSA) is 26.0 Å². The minimum atomic E-state index is -2.47. The maximum Gasteiger partial charge on any atom is 0.264 e. The van der Waals surface area contributed by atoms with Crippen LogP contribution in [0.5, 0.6) is 0 Å². The molecule has 0 unspecified atom stereocenters. The highest BCUT2D eigenvalue weighted by Gasteiger charge is 2.12. The van der Waals surface area contributed by atoms with Crippen LogP contribution in [0.1, 0.15) is 12.0 Å². The molecule has 2 N–H and O–H groups in total. The fourth-order valence-corrected chi connectivity index (χ4v) is 2.15. The summed E-state index contributed by atoms with van der Waals surface area (Å²) in [6.07, 6.45) is -2.47. The van der Waals surface area contributed by atoms with Crippen molar-refractivity contribution in [3.63, 3.8) is 0 Å². The molecule has 0 aliphatic carbocycles. The van der Waals surface area contributed by atoms with Crippen molar-refractivity contribution in [2.75, 3.05) is 5.73 Å². The molecule has 4 heteroatoms. The van der Waals surface area contributed by atoms with E-state index in [1.807, 2.05) is 18.2 Å². The Balaban J connectivity index is 2.44. The van der Waals surface area contributed by atoms with Crippen molar-refractivity contribution in [2.24, 2.45) is 0 Å². The van der Waals surface area contributed by atoms with Crippen molar-refractivity contribution in [1.29, 1.82) is 0 Å². The summed E-state index contributed by atoms with van der Waals surface area (Å²) in [4.78, 5) is 0. The van der Waals surface area contributed by atoms with Crippen LogP contribution in [0.2, 0.25) is 0 Å². The van der Waals surface area contributed by atoms with E-state index in [2.05, 4.69) is 15.9 Å². The summed E-state index contributed by atoms with van der Waals surface area (Å²) in [7, 11) is 0. The average molecular weight is 298 g/mol. The number of benzene rings is 2. The maximum atomic E-state index is 12.6. The van der Waals surface area contributed by atoms with E-state index in [-0.39, 0.29) is 5.56 Å². The van der Waals surface area contributed by atoms with Gasteiger partial charge in [0.2, 0.25) is 0 Å². The summed E-state index contributed by atoms with van der Waals surface area (Å²) in [5.41, 5.74) is 8.09. The lowest BCUT2D eigenvalue weighted by molar-refractivity contribution is 0.150. The van der Waals surface area contributed by atoms with Crippen molar-refractivity contribution < 1.29 is 8.78 Å².